The second-order valence-corrected chi connectivity index (χ2v) is 12.5. The smallest absolute Gasteiger partial charge is 0.244 e. The molecule has 1 aliphatic rings. The molecule has 212 valence electrons. The predicted octanol–water partition coefficient (Wildman–Crippen LogP) is 9.47. The van der Waals surface area contributed by atoms with E-state index in [4.69, 9.17) is 0 Å². The summed E-state index contributed by atoms with van der Waals surface area (Å²) in [5.41, 5.74) is 12.4. The molecular weight excluding hydrogens is 561 g/mol. The van der Waals surface area contributed by atoms with Crippen LogP contribution in [0.25, 0.3) is 22.3 Å². The number of benzene rings is 7. The van der Waals surface area contributed by atoms with Crippen molar-refractivity contribution >= 4 is 51.9 Å². The van der Waals surface area contributed by atoms with Crippen LogP contribution >= 0.6 is 11.8 Å². The fourth-order valence-electron chi connectivity index (χ4n) is 6.41. The largest absolute Gasteiger partial charge is 0.311 e. The zero-order valence-electron chi connectivity index (χ0n) is 24.8. The van der Waals surface area contributed by atoms with Crippen LogP contribution in [0.2, 0.25) is 0 Å². The number of nitrogens with zero attached hydrogens (tertiary/aromatic N) is 1. The van der Waals surface area contributed by atoms with Crippen LogP contribution in [-0.4, -0.2) is 6.71 Å². The lowest BCUT2D eigenvalue weighted by atomic mass is 9.36. The van der Waals surface area contributed by atoms with Crippen molar-refractivity contribution in [2.24, 2.45) is 0 Å². The van der Waals surface area contributed by atoms with Crippen LogP contribution in [0.5, 0.6) is 0 Å². The Labute approximate surface area is 269 Å². The molecule has 3 heteroatoms. The minimum absolute atomic E-state index is 0.141. The van der Waals surface area contributed by atoms with Crippen molar-refractivity contribution in [2.75, 3.05) is 4.90 Å². The number of anilines is 3. The lowest BCUT2D eigenvalue weighted by Crippen LogP contribution is -2.55. The Bertz CT molecular complexity index is 1930. The summed E-state index contributed by atoms with van der Waals surface area (Å²) in [5, 5.41) is 0. The topological polar surface area (TPSA) is 3.24 Å². The summed E-state index contributed by atoms with van der Waals surface area (Å²) in [6.07, 6.45) is 0. The van der Waals surface area contributed by atoms with Crippen molar-refractivity contribution in [3.05, 3.63) is 182 Å². The maximum atomic E-state index is 2.38. The molecule has 0 aliphatic carbocycles. The van der Waals surface area contributed by atoms with E-state index in [1.807, 2.05) is 11.8 Å². The standard InChI is InChI=1S/C42H30BNS/c1-5-13-31(14-6-1)33-21-27-39-41(29-33)45-42-30-34(32-15-7-2-8-16-32)22-28-40(42)43(39)35-23-25-38(26-24-35)44(36-17-9-3-10-18-36)37-19-11-4-12-20-37/h1-30H. The van der Waals surface area contributed by atoms with Crippen LogP contribution in [0.1, 0.15) is 0 Å². The summed E-state index contributed by atoms with van der Waals surface area (Å²) < 4.78 is 0. The highest BCUT2D eigenvalue weighted by atomic mass is 32.2. The third-order valence-electron chi connectivity index (χ3n) is 8.60. The molecule has 45 heavy (non-hydrogen) atoms. The summed E-state index contributed by atoms with van der Waals surface area (Å²) in [7, 11) is 0. The average Bonchev–Trinajstić information content (AvgIpc) is 3.12. The number of hydrogen-bond donors (Lipinski definition) is 0. The Morgan fingerprint density at radius 3 is 1.20 bits per heavy atom. The number of fused-ring (bicyclic) bond motifs is 2. The molecule has 0 atom stereocenters. The molecule has 7 aromatic rings. The monoisotopic (exact) mass is 591 g/mol. The maximum absolute atomic E-state index is 2.38. The summed E-state index contributed by atoms with van der Waals surface area (Å²) in [4.78, 5) is 4.96. The minimum atomic E-state index is 0.141. The molecule has 0 bridgehead atoms. The van der Waals surface area contributed by atoms with Gasteiger partial charge in [0.15, 0.2) is 0 Å². The van der Waals surface area contributed by atoms with E-state index in [1.165, 1.54) is 48.4 Å². The summed E-state index contributed by atoms with van der Waals surface area (Å²) >= 11 is 1.89. The Kier molecular flexibility index (Phi) is 7.30. The Morgan fingerprint density at radius 2 is 0.756 bits per heavy atom. The molecule has 0 aromatic heterocycles. The van der Waals surface area contributed by atoms with Crippen molar-refractivity contribution in [1.82, 2.24) is 0 Å². The first kappa shape index (κ1) is 27.3. The molecule has 0 radical (unpaired) electrons. The van der Waals surface area contributed by atoms with Gasteiger partial charge >= 0.3 is 0 Å². The molecule has 0 fully saturated rings. The zero-order valence-corrected chi connectivity index (χ0v) is 25.6. The Morgan fingerprint density at radius 1 is 0.356 bits per heavy atom. The Hall–Kier alpha value is -5.25. The summed E-state index contributed by atoms with van der Waals surface area (Å²) in [5.74, 6) is 0. The SMILES string of the molecule is c1ccc(-c2ccc3c(c2)Sc2cc(-c4ccccc4)ccc2B3c2ccc(N(c3ccccc3)c3ccccc3)cc2)cc1. The van der Waals surface area contributed by atoms with Crippen LogP contribution < -0.4 is 21.3 Å². The van der Waals surface area contributed by atoms with Gasteiger partial charge in [-0.2, -0.15) is 0 Å². The van der Waals surface area contributed by atoms with Crippen LogP contribution in [0.3, 0.4) is 0 Å². The maximum Gasteiger partial charge on any atom is 0.244 e. The molecule has 8 rings (SSSR count). The Balaban J connectivity index is 1.24. The minimum Gasteiger partial charge on any atom is -0.311 e. The summed E-state index contributed by atoms with van der Waals surface area (Å²) in [6, 6.07) is 65.8. The van der Waals surface area contributed by atoms with E-state index < -0.39 is 0 Å². The van der Waals surface area contributed by atoms with Gasteiger partial charge in [-0.1, -0.05) is 162 Å². The predicted molar refractivity (Wildman–Crippen MR) is 194 cm³/mol. The lowest BCUT2D eigenvalue weighted by Gasteiger charge is -2.29. The third kappa shape index (κ3) is 5.37. The van der Waals surface area contributed by atoms with E-state index in [9.17, 15) is 0 Å². The number of para-hydroxylation sites is 2. The van der Waals surface area contributed by atoms with E-state index in [2.05, 4.69) is 187 Å². The van der Waals surface area contributed by atoms with E-state index in [0.717, 1.165) is 17.1 Å². The van der Waals surface area contributed by atoms with Gasteiger partial charge in [-0.15, -0.1) is 0 Å². The molecule has 0 amide bonds. The van der Waals surface area contributed by atoms with Gasteiger partial charge in [-0.25, -0.2) is 0 Å². The van der Waals surface area contributed by atoms with Crippen molar-refractivity contribution in [3.63, 3.8) is 0 Å². The van der Waals surface area contributed by atoms with Crippen molar-refractivity contribution in [2.45, 2.75) is 9.79 Å². The zero-order chi connectivity index (χ0) is 30.0. The molecule has 1 heterocycles. The second kappa shape index (κ2) is 12.0. The van der Waals surface area contributed by atoms with Crippen molar-refractivity contribution in [3.8, 4) is 22.3 Å². The highest BCUT2D eigenvalue weighted by Gasteiger charge is 2.32. The van der Waals surface area contributed by atoms with Gasteiger partial charge in [-0.3, -0.25) is 0 Å². The van der Waals surface area contributed by atoms with Crippen LogP contribution in [0.4, 0.5) is 17.1 Å². The van der Waals surface area contributed by atoms with E-state index >= 15 is 0 Å². The molecule has 0 saturated carbocycles. The highest BCUT2D eigenvalue weighted by Crippen LogP contribution is 2.36. The first-order valence-electron chi connectivity index (χ1n) is 15.4. The molecular formula is C42H30BNS. The van der Waals surface area contributed by atoms with E-state index in [-0.39, 0.29) is 6.71 Å². The highest BCUT2D eigenvalue weighted by molar-refractivity contribution is 8.00. The number of rotatable bonds is 6. The quantitative estimate of drug-likeness (QED) is 0.177. The molecule has 0 saturated heterocycles. The second-order valence-electron chi connectivity index (χ2n) is 11.4. The van der Waals surface area contributed by atoms with E-state index in [1.54, 1.807) is 0 Å². The fraction of sp³-hybridized carbons (Fsp3) is 0. The van der Waals surface area contributed by atoms with Gasteiger partial charge < -0.3 is 4.90 Å². The van der Waals surface area contributed by atoms with Gasteiger partial charge in [0.25, 0.3) is 0 Å². The number of hydrogen-bond acceptors (Lipinski definition) is 2. The molecule has 1 nitrogen and oxygen atoms in total. The van der Waals surface area contributed by atoms with Gasteiger partial charge in [0, 0.05) is 26.9 Å². The molecule has 1 aliphatic heterocycles. The molecule has 0 N–H and O–H groups in total. The van der Waals surface area contributed by atoms with Gasteiger partial charge in [-0.05, 0) is 70.8 Å². The molecule has 0 unspecified atom stereocenters. The van der Waals surface area contributed by atoms with Crippen LogP contribution in [-0.2, 0) is 0 Å². The van der Waals surface area contributed by atoms with Gasteiger partial charge in [0.2, 0.25) is 6.71 Å². The molecule has 0 spiro atoms. The van der Waals surface area contributed by atoms with Crippen LogP contribution in [0, 0.1) is 0 Å². The third-order valence-corrected chi connectivity index (χ3v) is 9.74. The van der Waals surface area contributed by atoms with E-state index in [0.29, 0.717) is 0 Å². The van der Waals surface area contributed by atoms with Crippen molar-refractivity contribution in [1.29, 1.82) is 0 Å². The lowest BCUT2D eigenvalue weighted by molar-refractivity contribution is 1.28. The average molecular weight is 592 g/mol. The summed E-state index contributed by atoms with van der Waals surface area (Å²) in [6.45, 7) is 0.141. The normalized spacial score (nSPS) is 11.9. The molecule has 7 aromatic carbocycles. The van der Waals surface area contributed by atoms with Crippen molar-refractivity contribution < 1.29 is 0 Å². The fourth-order valence-corrected chi connectivity index (χ4v) is 7.62. The van der Waals surface area contributed by atoms with Gasteiger partial charge in [0.1, 0.15) is 0 Å². The first-order valence-corrected chi connectivity index (χ1v) is 16.2. The van der Waals surface area contributed by atoms with Crippen LogP contribution in [0.15, 0.2) is 192 Å². The van der Waals surface area contributed by atoms with Gasteiger partial charge in [0.05, 0.1) is 0 Å². The first-order chi connectivity index (χ1) is 22.3.